The van der Waals surface area contributed by atoms with E-state index in [1.165, 1.54) is 18.5 Å². The van der Waals surface area contributed by atoms with Crippen LogP contribution in [0.2, 0.25) is 0 Å². The Bertz CT molecular complexity index is 755. The minimum Gasteiger partial charge on any atom is -0.406 e. The number of alkyl halides is 3. The summed E-state index contributed by atoms with van der Waals surface area (Å²) < 4.78 is 41.3. The lowest BCUT2D eigenvalue weighted by Crippen LogP contribution is -2.31. The van der Waals surface area contributed by atoms with E-state index in [-0.39, 0.29) is 12.4 Å². The Morgan fingerprint density at radius 1 is 1.19 bits per heavy atom. The summed E-state index contributed by atoms with van der Waals surface area (Å²) in [5.41, 5.74) is 1.79. The van der Waals surface area contributed by atoms with Gasteiger partial charge in [-0.05, 0) is 36.1 Å². The summed E-state index contributed by atoms with van der Waals surface area (Å²) in [4.78, 5) is 10.4. The lowest BCUT2D eigenvalue weighted by atomic mass is 9.99. The highest BCUT2D eigenvalue weighted by Crippen LogP contribution is 2.29. The fourth-order valence-corrected chi connectivity index (χ4v) is 2.84. The van der Waals surface area contributed by atoms with Gasteiger partial charge in [-0.25, -0.2) is 9.97 Å². The highest BCUT2D eigenvalue weighted by molar-refractivity contribution is 5.51. The quantitative estimate of drug-likeness (QED) is 0.764. The van der Waals surface area contributed by atoms with Crippen molar-refractivity contribution in [3.63, 3.8) is 0 Å². The number of halogens is 3. The monoisotopic (exact) mass is 368 g/mol. The predicted octanol–water partition coefficient (Wildman–Crippen LogP) is 2.73. The van der Waals surface area contributed by atoms with E-state index in [2.05, 4.69) is 20.0 Å². The molecule has 3 rings (SSSR count). The predicted molar refractivity (Wildman–Crippen MR) is 90.1 cm³/mol. The summed E-state index contributed by atoms with van der Waals surface area (Å²) in [6.07, 6.45) is -1.95. The van der Waals surface area contributed by atoms with Gasteiger partial charge in [-0.1, -0.05) is 6.07 Å². The molecular formula is C17H19F3N4O2. The zero-order valence-electron chi connectivity index (χ0n) is 14.0. The normalized spacial score (nSPS) is 14.1. The third-order valence-corrected chi connectivity index (χ3v) is 4.04. The van der Waals surface area contributed by atoms with Crippen LogP contribution in [0.4, 0.5) is 24.8 Å². The van der Waals surface area contributed by atoms with E-state index in [1.807, 2.05) is 4.90 Å². The second-order valence-electron chi connectivity index (χ2n) is 5.92. The maximum Gasteiger partial charge on any atom is 0.573 e. The summed E-state index contributed by atoms with van der Waals surface area (Å²) in [6, 6.07) is 6.24. The molecule has 0 spiro atoms. The molecule has 0 saturated heterocycles. The third kappa shape index (κ3) is 4.75. The molecule has 0 fully saturated rings. The summed E-state index contributed by atoms with van der Waals surface area (Å²) in [5, 5.41) is 11.9. The number of hydrogen-bond acceptors (Lipinski definition) is 6. The van der Waals surface area contributed by atoms with Gasteiger partial charge in [-0.15, -0.1) is 13.2 Å². The molecule has 140 valence electrons. The van der Waals surface area contributed by atoms with Crippen molar-refractivity contribution in [1.29, 1.82) is 0 Å². The summed E-state index contributed by atoms with van der Waals surface area (Å²) in [7, 11) is 0. The lowest BCUT2D eigenvalue weighted by Gasteiger charge is -2.30. The van der Waals surface area contributed by atoms with E-state index < -0.39 is 6.36 Å². The van der Waals surface area contributed by atoms with Crippen molar-refractivity contribution in [3.05, 3.63) is 41.7 Å². The van der Waals surface area contributed by atoms with Gasteiger partial charge in [0.25, 0.3) is 0 Å². The van der Waals surface area contributed by atoms with Crippen molar-refractivity contribution in [2.24, 2.45) is 0 Å². The first-order valence-electron chi connectivity index (χ1n) is 8.24. The van der Waals surface area contributed by atoms with Gasteiger partial charge in [0.1, 0.15) is 23.7 Å². The smallest absolute Gasteiger partial charge is 0.406 e. The van der Waals surface area contributed by atoms with Crippen molar-refractivity contribution >= 4 is 11.6 Å². The van der Waals surface area contributed by atoms with Crippen LogP contribution < -0.4 is 15.0 Å². The highest BCUT2D eigenvalue weighted by atomic mass is 19.4. The van der Waals surface area contributed by atoms with E-state index in [0.29, 0.717) is 44.1 Å². The number of anilines is 2. The van der Waals surface area contributed by atoms with Crippen LogP contribution in [0.1, 0.15) is 17.5 Å². The Hall–Kier alpha value is -2.55. The molecule has 2 heterocycles. The third-order valence-electron chi connectivity index (χ3n) is 4.04. The van der Waals surface area contributed by atoms with E-state index >= 15 is 0 Å². The van der Waals surface area contributed by atoms with Crippen molar-refractivity contribution < 1.29 is 23.0 Å². The average Bonchev–Trinajstić information content (AvgIpc) is 2.60. The van der Waals surface area contributed by atoms with Crippen LogP contribution in [0, 0.1) is 0 Å². The van der Waals surface area contributed by atoms with E-state index in [0.717, 1.165) is 11.1 Å². The molecule has 6 nitrogen and oxygen atoms in total. The van der Waals surface area contributed by atoms with Crippen LogP contribution in [0.25, 0.3) is 0 Å². The van der Waals surface area contributed by atoms with Gasteiger partial charge in [0.05, 0.1) is 0 Å². The molecule has 0 amide bonds. The SMILES string of the molecule is OCCCNc1cc(N2CCc3ccc(OC(F)(F)F)cc3C2)ncn1. The molecule has 0 radical (unpaired) electrons. The van der Waals surface area contributed by atoms with Crippen LogP contribution >= 0.6 is 0 Å². The summed E-state index contributed by atoms with van der Waals surface area (Å²) >= 11 is 0. The Morgan fingerprint density at radius 2 is 2.04 bits per heavy atom. The van der Waals surface area contributed by atoms with Crippen molar-refractivity contribution in [3.8, 4) is 5.75 Å². The minimum absolute atomic E-state index is 0.0934. The van der Waals surface area contributed by atoms with Gasteiger partial charge in [-0.2, -0.15) is 0 Å². The first kappa shape index (κ1) is 18.2. The van der Waals surface area contributed by atoms with Crippen molar-refractivity contribution in [1.82, 2.24) is 9.97 Å². The zero-order valence-corrected chi connectivity index (χ0v) is 14.0. The number of aliphatic hydroxyl groups excluding tert-OH is 1. The van der Waals surface area contributed by atoms with Gasteiger partial charge in [0.2, 0.25) is 0 Å². The number of aliphatic hydroxyl groups is 1. The number of nitrogens with zero attached hydrogens (tertiary/aromatic N) is 3. The van der Waals surface area contributed by atoms with Crippen molar-refractivity contribution in [2.75, 3.05) is 29.9 Å². The molecule has 0 aliphatic carbocycles. The zero-order chi connectivity index (χ0) is 18.6. The lowest BCUT2D eigenvalue weighted by molar-refractivity contribution is -0.274. The number of ether oxygens (including phenoxy) is 1. The number of rotatable bonds is 6. The molecule has 0 bridgehead atoms. The second-order valence-corrected chi connectivity index (χ2v) is 5.92. The van der Waals surface area contributed by atoms with Gasteiger partial charge in [0, 0.05) is 32.3 Å². The Morgan fingerprint density at radius 3 is 2.81 bits per heavy atom. The molecule has 2 aromatic rings. The first-order chi connectivity index (χ1) is 12.4. The minimum atomic E-state index is -4.70. The van der Waals surface area contributed by atoms with Crippen LogP contribution in [0.3, 0.4) is 0 Å². The van der Waals surface area contributed by atoms with Gasteiger partial charge in [0.15, 0.2) is 0 Å². The fraction of sp³-hybridized carbons (Fsp3) is 0.412. The number of fused-ring (bicyclic) bond motifs is 1. The fourth-order valence-electron chi connectivity index (χ4n) is 2.84. The van der Waals surface area contributed by atoms with Crippen LogP contribution in [0.5, 0.6) is 5.75 Å². The van der Waals surface area contributed by atoms with E-state index in [4.69, 9.17) is 5.11 Å². The maximum atomic E-state index is 12.4. The molecule has 2 N–H and O–H groups in total. The summed E-state index contributed by atoms with van der Waals surface area (Å²) in [6.45, 7) is 1.83. The van der Waals surface area contributed by atoms with Crippen LogP contribution in [0.15, 0.2) is 30.6 Å². The Labute approximate surface area is 148 Å². The standard InChI is InChI=1S/C17H19F3N4O2/c18-17(19,20)26-14-3-2-12-4-6-24(10-13(12)8-14)16-9-15(22-11-23-16)21-5-1-7-25/h2-3,8-9,11,25H,1,4-7,10H2,(H,21,22,23). The second kappa shape index (κ2) is 7.77. The molecule has 1 aromatic heterocycles. The van der Waals surface area contributed by atoms with E-state index in [1.54, 1.807) is 12.1 Å². The molecule has 0 atom stereocenters. The maximum absolute atomic E-state index is 12.4. The number of nitrogens with one attached hydrogen (secondary N) is 1. The van der Waals surface area contributed by atoms with Crippen LogP contribution in [-0.2, 0) is 13.0 Å². The summed E-state index contributed by atoms with van der Waals surface area (Å²) in [5.74, 6) is 1.12. The number of aromatic nitrogens is 2. The van der Waals surface area contributed by atoms with Gasteiger partial charge in [-0.3, -0.25) is 0 Å². The van der Waals surface area contributed by atoms with Gasteiger partial charge >= 0.3 is 6.36 Å². The first-order valence-corrected chi connectivity index (χ1v) is 8.24. The highest BCUT2D eigenvalue weighted by Gasteiger charge is 2.31. The molecule has 1 aliphatic heterocycles. The van der Waals surface area contributed by atoms with Gasteiger partial charge < -0.3 is 20.1 Å². The molecule has 1 aliphatic rings. The molecular weight excluding hydrogens is 349 g/mol. The Balaban J connectivity index is 1.73. The topological polar surface area (TPSA) is 70.5 Å². The number of hydrogen-bond donors (Lipinski definition) is 2. The van der Waals surface area contributed by atoms with E-state index in [9.17, 15) is 13.2 Å². The molecule has 1 aromatic carbocycles. The Kier molecular flexibility index (Phi) is 5.46. The molecule has 26 heavy (non-hydrogen) atoms. The molecule has 0 unspecified atom stereocenters. The van der Waals surface area contributed by atoms with Crippen molar-refractivity contribution in [2.45, 2.75) is 25.7 Å². The van der Waals surface area contributed by atoms with Crippen LogP contribution in [-0.4, -0.2) is 41.1 Å². The largest absolute Gasteiger partial charge is 0.573 e. The average molecular weight is 368 g/mol. The molecule has 9 heteroatoms. The molecule has 0 saturated carbocycles. The number of benzene rings is 1.